The van der Waals surface area contributed by atoms with Crippen LogP contribution in [-0.4, -0.2) is 30.1 Å². The molecular formula is C12H22N2O3. The van der Waals surface area contributed by atoms with E-state index >= 15 is 0 Å². The van der Waals surface area contributed by atoms with Gasteiger partial charge >= 0.3 is 5.97 Å². The monoisotopic (exact) mass is 242 g/mol. The number of hydrogen-bond donors (Lipinski definition) is 3. The van der Waals surface area contributed by atoms with Crippen molar-refractivity contribution in [2.24, 2.45) is 16.6 Å². The van der Waals surface area contributed by atoms with Crippen molar-refractivity contribution in [1.82, 2.24) is 5.32 Å². The number of carbonyl (C=O) groups excluding carboxylic acids is 1. The summed E-state index contributed by atoms with van der Waals surface area (Å²) in [6, 6.07) is 0. The minimum atomic E-state index is -0.805. The first-order valence-corrected chi connectivity index (χ1v) is 6.06. The van der Waals surface area contributed by atoms with Crippen molar-refractivity contribution in [3.63, 3.8) is 0 Å². The second kappa shape index (κ2) is 5.04. The van der Waals surface area contributed by atoms with Gasteiger partial charge in [0.25, 0.3) is 0 Å². The molecule has 98 valence electrons. The molecular weight excluding hydrogens is 220 g/mol. The van der Waals surface area contributed by atoms with Gasteiger partial charge in [0.05, 0.1) is 10.8 Å². The highest BCUT2D eigenvalue weighted by Gasteiger charge is 2.42. The van der Waals surface area contributed by atoms with E-state index in [0.29, 0.717) is 12.8 Å². The molecule has 5 heteroatoms. The highest BCUT2D eigenvalue weighted by Crippen LogP contribution is 2.37. The summed E-state index contributed by atoms with van der Waals surface area (Å²) < 4.78 is 0. The Hall–Kier alpha value is -1.10. The van der Waals surface area contributed by atoms with Crippen LogP contribution < -0.4 is 11.1 Å². The Kier molecular flexibility index (Phi) is 4.14. The quantitative estimate of drug-likeness (QED) is 0.662. The molecule has 0 aliphatic heterocycles. The number of nitrogens with two attached hydrogens (primary N) is 1. The van der Waals surface area contributed by atoms with Crippen molar-refractivity contribution in [3.8, 4) is 0 Å². The molecule has 1 amide bonds. The summed E-state index contributed by atoms with van der Waals surface area (Å²) in [4.78, 5) is 23.1. The van der Waals surface area contributed by atoms with Crippen LogP contribution in [0.25, 0.3) is 0 Å². The summed E-state index contributed by atoms with van der Waals surface area (Å²) in [5.74, 6) is -0.978. The molecule has 0 aromatic heterocycles. The third-order valence-corrected chi connectivity index (χ3v) is 3.73. The van der Waals surface area contributed by atoms with Gasteiger partial charge in [0, 0.05) is 13.1 Å². The Bertz CT molecular complexity index is 307. The first kappa shape index (κ1) is 14.0. The third kappa shape index (κ3) is 2.97. The molecule has 17 heavy (non-hydrogen) atoms. The lowest BCUT2D eigenvalue weighted by Gasteiger charge is -2.27. The fraction of sp³-hybridized carbons (Fsp3) is 0.833. The molecule has 1 fully saturated rings. The standard InChI is InChI=1S/C12H22N2O3/c1-11(2,7-13)9(15)14-8-12(10(16)17)5-3-4-6-12/h3-8,13H2,1-2H3,(H,14,15)(H,16,17). The van der Waals surface area contributed by atoms with Gasteiger partial charge in [-0.1, -0.05) is 12.8 Å². The Morgan fingerprint density at radius 1 is 1.35 bits per heavy atom. The Morgan fingerprint density at radius 2 is 1.88 bits per heavy atom. The van der Waals surface area contributed by atoms with Gasteiger partial charge in [-0.25, -0.2) is 0 Å². The molecule has 1 rings (SSSR count). The number of hydrogen-bond acceptors (Lipinski definition) is 3. The molecule has 0 aromatic carbocycles. The van der Waals surface area contributed by atoms with Crippen LogP contribution >= 0.6 is 0 Å². The largest absolute Gasteiger partial charge is 0.481 e. The lowest BCUT2D eigenvalue weighted by Crippen LogP contribution is -2.47. The van der Waals surface area contributed by atoms with E-state index < -0.39 is 16.8 Å². The predicted octanol–water partition coefficient (Wildman–Crippen LogP) is 0.733. The zero-order valence-corrected chi connectivity index (χ0v) is 10.6. The summed E-state index contributed by atoms with van der Waals surface area (Å²) in [5, 5.41) is 12.0. The minimum Gasteiger partial charge on any atom is -0.481 e. The summed E-state index contributed by atoms with van der Waals surface area (Å²) in [5.41, 5.74) is 4.10. The number of nitrogens with one attached hydrogen (secondary N) is 1. The predicted molar refractivity (Wildman–Crippen MR) is 64.4 cm³/mol. The fourth-order valence-electron chi connectivity index (χ4n) is 2.10. The average Bonchev–Trinajstić information content (AvgIpc) is 2.75. The first-order chi connectivity index (χ1) is 7.84. The zero-order valence-electron chi connectivity index (χ0n) is 10.6. The van der Waals surface area contributed by atoms with Crippen LogP contribution in [-0.2, 0) is 9.59 Å². The van der Waals surface area contributed by atoms with Crippen LogP contribution in [0.1, 0.15) is 39.5 Å². The van der Waals surface area contributed by atoms with Gasteiger partial charge in [0.2, 0.25) is 5.91 Å². The summed E-state index contributed by atoms with van der Waals surface area (Å²) >= 11 is 0. The maximum absolute atomic E-state index is 11.8. The molecule has 4 N–H and O–H groups in total. The number of carboxylic acid groups (broad SMARTS) is 1. The van der Waals surface area contributed by atoms with Crippen LogP contribution in [0.5, 0.6) is 0 Å². The lowest BCUT2D eigenvalue weighted by molar-refractivity contribution is -0.148. The van der Waals surface area contributed by atoms with E-state index in [0.717, 1.165) is 12.8 Å². The number of rotatable bonds is 5. The van der Waals surface area contributed by atoms with Crippen molar-refractivity contribution in [2.45, 2.75) is 39.5 Å². The van der Waals surface area contributed by atoms with Crippen molar-refractivity contribution in [3.05, 3.63) is 0 Å². The van der Waals surface area contributed by atoms with Crippen LogP contribution in [0.2, 0.25) is 0 Å². The van der Waals surface area contributed by atoms with E-state index in [1.54, 1.807) is 13.8 Å². The summed E-state index contributed by atoms with van der Waals surface area (Å²) in [6.07, 6.45) is 3.13. The Morgan fingerprint density at radius 3 is 2.29 bits per heavy atom. The van der Waals surface area contributed by atoms with Crippen LogP contribution in [0, 0.1) is 10.8 Å². The average molecular weight is 242 g/mol. The van der Waals surface area contributed by atoms with E-state index in [2.05, 4.69) is 5.32 Å². The molecule has 0 bridgehead atoms. The Balaban J connectivity index is 2.60. The van der Waals surface area contributed by atoms with Crippen LogP contribution in [0.3, 0.4) is 0 Å². The van der Waals surface area contributed by atoms with Gasteiger partial charge in [-0.2, -0.15) is 0 Å². The molecule has 5 nitrogen and oxygen atoms in total. The van der Waals surface area contributed by atoms with Crippen molar-refractivity contribution < 1.29 is 14.7 Å². The highest BCUT2D eigenvalue weighted by atomic mass is 16.4. The smallest absolute Gasteiger partial charge is 0.311 e. The van der Waals surface area contributed by atoms with E-state index in [-0.39, 0.29) is 19.0 Å². The third-order valence-electron chi connectivity index (χ3n) is 3.73. The molecule has 0 saturated heterocycles. The van der Waals surface area contributed by atoms with Crippen LogP contribution in [0.15, 0.2) is 0 Å². The van der Waals surface area contributed by atoms with Crippen molar-refractivity contribution >= 4 is 11.9 Å². The van der Waals surface area contributed by atoms with E-state index in [9.17, 15) is 14.7 Å². The van der Waals surface area contributed by atoms with E-state index in [4.69, 9.17) is 5.73 Å². The maximum Gasteiger partial charge on any atom is 0.311 e. The zero-order chi connectivity index (χ0) is 13.1. The number of carboxylic acids is 1. The molecule has 1 aliphatic rings. The van der Waals surface area contributed by atoms with Crippen molar-refractivity contribution in [2.75, 3.05) is 13.1 Å². The SMILES string of the molecule is CC(C)(CN)C(=O)NCC1(C(=O)O)CCCC1. The number of carbonyl (C=O) groups is 2. The van der Waals surface area contributed by atoms with Gasteiger partial charge < -0.3 is 16.2 Å². The second-order valence-corrected chi connectivity index (χ2v) is 5.56. The molecule has 0 atom stereocenters. The minimum absolute atomic E-state index is 0.174. The van der Waals surface area contributed by atoms with Crippen LogP contribution in [0.4, 0.5) is 0 Å². The molecule has 0 heterocycles. The molecule has 1 aliphatic carbocycles. The summed E-state index contributed by atoms with van der Waals surface area (Å²) in [7, 11) is 0. The molecule has 0 spiro atoms. The van der Waals surface area contributed by atoms with Gasteiger partial charge in [0.1, 0.15) is 0 Å². The molecule has 1 saturated carbocycles. The van der Waals surface area contributed by atoms with Gasteiger partial charge in [-0.15, -0.1) is 0 Å². The first-order valence-electron chi connectivity index (χ1n) is 6.06. The Labute approximate surface area is 102 Å². The van der Waals surface area contributed by atoms with Gasteiger partial charge in [-0.3, -0.25) is 9.59 Å². The lowest BCUT2D eigenvalue weighted by atomic mass is 9.85. The fourth-order valence-corrected chi connectivity index (χ4v) is 2.10. The van der Waals surface area contributed by atoms with Gasteiger partial charge in [-0.05, 0) is 26.7 Å². The summed E-state index contributed by atoms with van der Waals surface area (Å²) in [6.45, 7) is 3.97. The second-order valence-electron chi connectivity index (χ2n) is 5.56. The normalized spacial score (nSPS) is 19.0. The van der Waals surface area contributed by atoms with Crippen molar-refractivity contribution in [1.29, 1.82) is 0 Å². The number of aliphatic carboxylic acids is 1. The van der Waals surface area contributed by atoms with E-state index in [1.807, 2.05) is 0 Å². The topological polar surface area (TPSA) is 92.4 Å². The van der Waals surface area contributed by atoms with E-state index in [1.165, 1.54) is 0 Å². The number of amides is 1. The molecule has 0 aromatic rings. The molecule has 0 radical (unpaired) electrons. The molecule has 0 unspecified atom stereocenters. The van der Waals surface area contributed by atoms with Gasteiger partial charge in [0.15, 0.2) is 0 Å². The maximum atomic E-state index is 11.8. The highest BCUT2D eigenvalue weighted by molar-refractivity contribution is 5.83.